The average molecular weight is 1050 g/mol. The summed E-state index contributed by atoms with van der Waals surface area (Å²) in [5, 5.41) is 26.7. The van der Waals surface area contributed by atoms with Crippen LogP contribution >= 0.6 is 21.6 Å². The largest absolute Gasteiger partial charge is 0.480 e. The highest BCUT2D eigenvalue weighted by molar-refractivity contribution is 8.76. The Morgan fingerprint density at radius 2 is 0.732 bits per heavy atom. The fraction of sp³-hybridized carbons (Fsp3) is 0.658. The van der Waals surface area contributed by atoms with Crippen molar-refractivity contribution in [1.29, 1.82) is 0 Å². The van der Waals surface area contributed by atoms with Gasteiger partial charge in [0.1, 0.15) is 48.3 Å². The summed E-state index contributed by atoms with van der Waals surface area (Å²) in [4.78, 5) is 133. The molecule has 0 heterocycles. The first-order chi connectivity index (χ1) is 33.2. The van der Waals surface area contributed by atoms with Gasteiger partial charge < -0.3 is 99.7 Å². The molecular weight excluding hydrogens is 975 g/mol. The molecule has 0 unspecified atom stereocenters. The number of nitrogens with one attached hydrogen (secondary N) is 7. The van der Waals surface area contributed by atoms with Crippen LogP contribution in [0.1, 0.15) is 72.1 Å². The van der Waals surface area contributed by atoms with Gasteiger partial charge in [-0.2, -0.15) is 0 Å². The third kappa shape index (κ3) is 30.2. The van der Waals surface area contributed by atoms with E-state index in [1.807, 2.05) is 0 Å². The minimum atomic E-state index is -1.41. The van der Waals surface area contributed by atoms with Crippen molar-refractivity contribution >= 4 is 98.7 Å². The summed E-state index contributed by atoms with van der Waals surface area (Å²) in [6.07, 6.45) is 0.443. The van der Waals surface area contributed by atoms with Crippen molar-refractivity contribution in [3.05, 3.63) is 0 Å². The number of rotatable bonds is 36. The minimum Gasteiger partial charge on any atom is -0.480 e. The number of amides is 8. The van der Waals surface area contributed by atoms with E-state index >= 15 is 0 Å². The van der Waals surface area contributed by atoms with Gasteiger partial charge in [0, 0.05) is 44.6 Å². The molecule has 0 saturated carbocycles. The lowest BCUT2D eigenvalue weighted by molar-refractivity contribution is -0.138. The van der Waals surface area contributed by atoms with Crippen LogP contribution in [0, 0.1) is 0 Å². The number of aliphatic carboxylic acids is 1. The Labute approximate surface area is 418 Å². The maximum atomic E-state index is 14.1. The van der Waals surface area contributed by atoms with E-state index in [1.165, 1.54) is 20.8 Å². The second-order valence-electron chi connectivity index (χ2n) is 15.7. The van der Waals surface area contributed by atoms with Gasteiger partial charge in [-0.1, -0.05) is 21.6 Å². The number of carbonyl (C=O) groups excluding carboxylic acids is 8. The van der Waals surface area contributed by atoms with Gasteiger partial charge in [-0.3, -0.25) is 63.1 Å². The highest BCUT2D eigenvalue weighted by atomic mass is 33.1. The molecule has 0 saturated heterocycles. The van der Waals surface area contributed by atoms with Crippen LogP contribution in [0.2, 0.25) is 0 Å². The molecule has 0 bridgehead atoms. The van der Waals surface area contributed by atoms with Crippen LogP contribution in [0.4, 0.5) is 0 Å². The molecule has 0 aliphatic rings. The standard InChI is InChI=1S/C38H73N21O10S2/c1-18(28(62)56-22(27(40)61)8-4-12-49-35(41)42)53-30(64)23(9-5-13-50-36(43)44)58-32(66)25(11-7-15-52-38(47)48)59-31(65)24(10-6-14-51-37(45)46)57-29(63)19(2)54-33(67)26(55-20(3)60)17-71-70-16-21(39)34(68)69/h18-19,21-26H,4-17,39H2,1-3H3,(H2,40,61)(H,53,64)(H,54,67)(H,55,60)(H,56,62)(H,57,63)(H,58,66)(H,59,65)(H,68,69)(H4,41,42,49)(H4,43,44,50)(H4,45,46,51)(H4,47,48,52)/t18-,19-,21+,22-,23+,24-,25-,26-/m1/s1. The zero-order valence-corrected chi connectivity index (χ0v) is 41.7. The number of aliphatic imine (C=N–C) groups is 4. The first kappa shape index (κ1) is 64.0. The predicted molar refractivity (Wildman–Crippen MR) is 270 cm³/mol. The Balaban J connectivity index is 6.54. The number of hydrogen-bond acceptors (Lipinski definition) is 16. The van der Waals surface area contributed by atoms with Crippen LogP contribution < -0.4 is 94.6 Å². The summed E-state index contributed by atoms with van der Waals surface area (Å²) in [7, 11) is 2.12. The van der Waals surface area contributed by atoms with Gasteiger partial charge in [-0.05, 0) is 65.2 Å². The molecule has 71 heavy (non-hydrogen) atoms. The third-order valence-electron chi connectivity index (χ3n) is 9.42. The summed E-state index contributed by atoms with van der Waals surface area (Å²) in [5.74, 6) is -8.58. The van der Waals surface area contributed by atoms with Crippen molar-refractivity contribution in [2.24, 2.45) is 77.3 Å². The predicted octanol–water partition coefficient (Wildman–Crippen LogP) is -8.07. The van der Waals surface area contributed by atoms with E-state index in [1.54, 1.807) is 0 Å². The Kier molecular flexibility index (Phi) is 31.6. The highest BCUT2D eigenvalue weighted by Crippen LogP contribution is 2.23. The van der Waals surface area contributed by atoms with Crippen molar-refractivity contribution in [2.45, 2.75) is 120 Å². The van der Waals surface area contributed by atoms with Crippen molar-refractivity contribution in [3.8, 4) is 0 Å². The first-order valence-corrected chi connectivity index (χ1v) is 24.6. The normalized spacial score (nSPS) is 14.0. The molecule has 31 nitrogen and oxygen atoms in total. The minimum absolute atomic E-state index is 0.00144. The van der Waals surface area contributed by atoms with Gasteiger partial charge >= 0.3 is 5.97 Å². The van der Waals surface area contributed by atoms with Crippen molar-refractivity contribution in [3.63, 3.8) is 0 Å². The number of carboxylic acid groups (broad SMARTS) is 1. The number of carboxylic acids is 1. The van der Waals surface area contributed by atoms with Gasteiger partial charge in [0.25, 0.3) is 0 Å². The molecule has 0 fully saturated rings. The van der Waals surface area contributed by atoms with E-state index in [9.17, 15) is 43.2 Å². The maximum absolute atomic E-state index is 14.1. The second-order valence-corrected chi connectivity index (χ2v) is 18.2. The summed E-state index contributed by atoms with van der Waals surface area (Å²) in [6.45, 7) is 4.04. The van der Waals surface area contributed by atoms with E-state index in [0.29, 0.717) is 0 Å². The molecule has 0 radical (unpaired) electrons. The molecule has 402 valence electrons. The van der Waals surface area contributed by atoms with Crippen LogP contribution in [0.15, 0.2) is 20.0 Å². The SMILES string of the molecule is CC(=O)N[C@H](CSSC[C@H](N)C(=O)O)C(=O)N[C@H](C)C(=O)N[C@H](CCCN=C(N)N)C(=O)N[C@H](CCCN=C(N)N)C(=O)N[C@@H](CCCN=C(N)N)C(=O)N[C@H](C)C(=O)N[C@H](CCCN=C(N)N)C(N)=O. The highest BCUT2D eigenvalue weighted by Gasteiger charge is 2.32. The maximum Gasteiger partial charge on any atom is 0.321 e. The van der Waals surface area contributed by atoms with Crippen molar-refractivity contribution in [2.75, 3.05) is 37.7 Å². The lowest BCUT2D eigenvalue weighted by Gasteiger charge is -2.27. The Hall–Kier alpha value is -7.03. The van der Waals surface area contributed by atoms with E-state index in [4.69, 9.17) is 62.4 Å². The molecule has 33 heteroatoms. The van der Waals surface area contributed by atoms with Gasteiger partial charge in [-0.25, -0.2) is 0 Å². The summed E-state index contributed by atoms with van der Waals surface area (Å²) in [6, 6.07) is -10.2. The van der Waals surface area contributed by atoms with Crippen LogP contribution in [0.5, 0.6) is 0 Å². The molecule has 0 aromatic rings. The number of carbonyl (C=O) groups is 9. The van der Waals surface area contributed by atoms with Crippen LogP contribution in [-0.4, -0.2) is 168 Å². The Morgan fingerprint density at radius 1 is 0.437 bits per heavy atom. The van der Waals surface area contributed by atoms with Gasteiger partial charge in [0.05, 0.1) is 0 Å². The fourth-order valence-electron chi connectivity index (χ4n) is 5.74. The molecule has 0 aliphatic carbocycles. The number of nitrogens with two attached hydrogens (primary N) is 10. The molecule has 0 rings (SSSR count). The molecule has 0 aromatic heterocycles. The first-order valence-electron chi connectivity index (χ1n) is 22.1. The number of hydrogen-bond donors (Lipinski definition) is 18. The van der Waals surface area contributed by atoms with Crippen molar-refractivity contribution in [1.82, 2.24) is 37.2 Å². The zero-order chi connectivity index (χ0) is 54.2. The smallest absolute Gasteiger partial charge is 0.321 e. The molecular formula is C38H73N21O10S2. The number of primary amides is 1. The summed E-state index contributed by atoms with van der Waals surface area (Å²) in [5.41, 5.74) is 54.4. The van der Waals surface area contributed by atoms with Crippen molar-refractivity contribution < 1.29 is 48.3 Å². The fourth-order valence-corrected chi connectivity index (χ4v) is 8.02. The number of nitrogens with zero attached hydrogens (tertiary/aromatic N) is 4. The van der Waals surface area contributed by atoms with Gasteiger partial charge in [-0.15, -0.1) is 0 Å². The Bertz CT molecular complexity index is 1910. The second kappa shape index (κ2) is 35.1. The molecule has 0 aliphatic heterocycles. The zero-order valence-electron chi connectivity index (χ0n) is 40.0. The molecule has 8 amide bonds. The van der Waals surface area contributed by atoms with Gasteiger partial charge in [0.2, 0.25) is 47.3 Å². The van der Waals surface area contributed by atoms with E-state index < -0.39 is 102 Å². The number of guanidine groups is 4. The third-order valence-corrected chi connectivity index (χ3v) is 11.9. The monoisotopic (exact) mass is 1050 g/mol. The summed E-state index contributed by atoms with van der Waals surface area (Å²) < 4.78 is 0. The average Bonchev–Trinajstić information content (AvgIpc) is 3.27. The van der Waals surface area contributed by atoms with E-state index in [-0.39, 0.29) is 113 Å². The topological polar surface area (TPSA) is 568 Å². The summed E-state index contributed by atoms with van der Waals surface area (Å²) >= 11 is 0. The molecule has 0 spiro atoms. The molecule has 0 aromatic carbocycles. The van der Waals surface area contributed by atoms with Gasteiger partial charge in [0.15, 0.2) is 23.8 Å². The Morgan fingerprint density at radius 3 is 1.06 bits per heavy atom. The van der Waals surface area contributed by atoms with Crippen LogP contribution in [0.3, 0.4) is 0 Å². The molecule has 8 atom stereocenters. The quantitative estimate of drug-likeness (QED) is 0.0120. The van der Waals surface area contributed by atoms with E-state index in [2.05, 4.69) is 57.2 Å². The molecule has 28 N–H and O–H groups in total. The van der Waals surface area contributed by atoms with Crippen LogP contribution in [0.25, 0.3) is 0 Å². The van der Waals surface area contributed by atoms with E-state index in [0.717, 1.165) is 21.6 Å². The lowest BCUT2D eigenvalue weighted by atomic mass is 10.0. The lowest BCUT2D eigenvalue weighted by Crippen LogP contribution is -2.59. The van der Waals surface area contributed by atoms with Crippen LogP contribution in [-0.2, 0) is 43.2 Å².